The molecule has 0 aliphatic carbocycles. The van der Waals surface area contributed by atoms with Crippen molar-refractivity contribution in [3.63, 3.8) is 0 Å². The van der Waals surface area contributed by atoms with Gasteiger partial charge in [0.05, 0.1) is 6.04 Å². The Hall–Kier alpha value is -2.40. The Balaban J connectivity index is 2.64. The molecule has 2 aromatic carbocycles. The second-order valence-corrected chi connectivity index (χ2v) is 6.90. The van der Waals surface area contributed by atoms with Crippen molar-refractivity contribution < 1.29 is 9.59 Å². The van der Waals surface area contributed by atoms with Crippen LogP contribution in [0.4, 0.5) is 0 Å². The first-order valence-corrected chi connectivity index (χ1v) is 9.30. The molecule has 2 N–H and O–H groups in total. The van der Waals surface area contributed by atoms with E-state index in [2.05, 4.69) is 26.6 Å². The van der Waals surface area contributed by atoms with E-state index in [-0.39, 0.29) is 17.9 Å². The van der Waals surface area contributed by atoms with E-state index < -0.39 is 0 Å². The van der Waals surface area contributed by atoms with E-state index >= 15 is 0 Å². The molecule has 0 fully saturated rings. The zero-order valence-electron chi connectivity index (χ0n) is 15.2. The van der Waals surface area contributed by atoms with Crippen LogP contribution in [0.1, 0.15) is 44.4 Å². The monoisotopic (exact) mass is 414 g/mol. The predicted octanol–water partition coefficient (Wildman–Crippen LogP) is 4.58. The van der Waals surface area contributed by atoms with Crippen LogP contribution in [0.25, 0.3) is 5.70 Å². The van der Waals surface area contributed by atoms with Crippen molar-refractivity contribution in [2.24, 2.45) is 0 Å². The van der Waals surface area contributed by atoms with Crippen LogP contribution in [0.2, 0.25) is 0 Å². The molecule has 1 atom stereocenters. The van der Waals surface area contributed by atoms with Gasteiger partial charge in [-0.3, -0.25) is 9.59 Å². The summed E-state index contributed by atoms with van der Waals surface area (Å²) in [4.78, 5) is 23.7. The summed E-state index contributed by atoms with van der Waals surface area (Å²) >= 11 is 3.44. The van der Waals surface area contributed by atoms with Crippen LogP contribution in [0, 0.1) is 0 Å². The van der Waals surface area contributed by atoms with Crippen LogP contribution < -0.4 is 10.6 Å². The van der Waals surface area contributed by atoms with E-state index in [0.717, 1.165) is 26.9 Å². The molecule has 0 bridgehead atoms. The molecule has 2 aromatic rings. The van der Waals surface area contributed by atoms with Gasteiger partial charge in [0.15, 0.2) is 0 Å². The zero-order chi connectivity index (χ0) is 19.1. The van der Waals surface area contributed by atoms with Crippen molar-refractivity contribution in [2.75, 3.05) is 0 Å². The lowest BCUT2D eigenvalue weighted by atomic mass is 9.92. The summed E-state index contributed by atoms with van der Waals surface area (Å²) in [6.45, 7) is 5.01. The van der Waals surface area contributed by atoms with Gasteiger partial charge in [-0.2, -0.15) is 0 Å². The van der Waals surface area contributed by atoms with Crippen LogP contribution in [-0.4, -0.2) is 11.8 Å². The Morgan fingerprint density at radius 2 is 1.58 bits per heavy atom. The van der Waals surface area contributed by atoms with Gasteiger partial charge in [0.2, 0.25) is 11.8 Å². The number of carbonyl (C=O) groups excluding carboxylic acids is 2. The number of rotatable bonds is 6. The molecule has 0 saturated carbocycles. The molecule has 0 aliphatic rings. The van der Waals surface area contributed by atoms with Crippen LogP contribution in [0.3, 0.4) is 0 Å². The second-order valence-electron chi connectivity index (χ2n) is 5.99. The topological polar surface area (TPSA) is 58.2 Å². The number of carbonyl (C=O) groups is 2. The maximum atomic E-state index is 11.9. The molecule has 4 nitrogen and oxygen atoms in total. The highest BCUT2D eigenvalue weighted by atomic mass is 79.9. The molecule has 136 valence electrons. The van der Waals surface area contributed by atoms with Gasteiger partial charge in [-0.25, -0.2) is 0 Å². The fraction of sp³-hybridized carbons (Fsp3) is 0.238. The second kappa shape index (κ2) is 9.34. The smallest absolute Gasteiger partial charge is 0.221 e. The van der Waals surface area contributed by atoms with E-state index in [1.165, 1.54) is 13.8 Å². The highest BCUT2D eigenvalue weighted by Gasteiger charge is 2.22. The van der Waals surface area contributed by atoms with Crippen molar-refractivity contribution in [2.45, 2.75) is 33.2 Å². The minimum Gasteiger partial charge on any atom is -0.346 e. The van der Waals surface area contributed by atoms with Crippen molar-refractivity contribution in [1.82, 2.24) is 10.6 Å². The van der Waals surface area contributed by atoms with Gasteiger partial charge >= 0.3 is 0 Å². The van der Waals surface area contributed by atoms with Crippen molar-refractivity contribution in [3.8, 4) is 0 Å². The van der Waals surface area contributed by atoms with Crippen LogP contribution in [0.15, 0.2) is 64.6 Å². The molecule has 1 unspecified atom stereocenters. The predicted molar refractivity (Wildman–Crippen MR) is 108 cm³/mol. The van der Waals surface area contributed by atoms with E-state index in [9.17, 15) is 9.59 Å². The lowest BCUT2D eigenvalue weighted by molar-refractivity contribution is -0.119. The molecule has 0 aliphatic heterocycles. The Bertz CT molecular complexity index is 799. The quantitative estimate of drug-likeness (QED) is 0.726. The van der Waals surface area contributed by atoms with Gasteiger partial charge in [0, 0.05) is 24.0 Å². The van der Waals surface area contributed by atoms with Crippen molar-refractivity contribution >= 4 is 33.4 Å². The molecule has 0 radical (unpaired) electrons. The number of amides is 2. The van der Waals surface area contributed by atoms with Gasteiger partial charge in [-0.1, -0.05) is 65.3 Å². The van der Waals surface area contributed by atoms with Crippen molar-refractivity contribution in [3.05, 3.63) is 75.8 Å². The summed E-state index contributed by atoms with van der Waals surface area (Å²) in [5.74, 6) is -0.272. The molecule has 0 spiro atoms. The first kappa shape index (κ1) is 19.9. The maximum Gasteiger partial charge on any atom is 0.221 e. The third kappa shape index (κ3) is 5.30. The Morgan fingerprint density at radius 1 is 0.962 bits per heavy atom. The molecule has 2 amide bonds. The fourth-order valence-electron chi connectivity index (χ4n) is 2.87. The Labute approximate surface area is 162 Å². The standard InChI is InChI=1S/C21H23BrN2O2/c1-4-19(20(23-14(2)25)16-8-6-5-7-9-16)21(24-15(3)26)17-10-12-18(22)13-11-17/h5-13,21H,4H2,1-3H3,(H,23,25)(H,24,26)/b20-19-. The summed E-state index contributed by atoms with van der Waals surface area (Å²) in [5.41, 5.74) is 3.55. The van der Waals surface area contributed by atoms with E-state index in [0.29, 0.717) is 6.42 Å². The molecular weight excluding hydrogens is 392 g/mol. The third-order valence-electron chi connectivity index (χ3n) is 3.96. The zero-order valence-corrected chi connectivity index (χ0v) is 16.8. The minimum atomic E-state index is -0.326. The lowest BCUT2D eigenvalue weighted by Gasteiger charge is -2.25. The van der Waals surface area contributed by atoms with Gasteiger partial charge in [-0.05, 0) is 35.3 Å². The summed E-state index contributed by atoms with van der Waals surface area (Å²) in [7, 11) is 0. The highest BCUT2D eigenvalue weighted by molar-refractivity contribution is 9.10. The molecule has 2 rings (SSSR count). The SMILES string of the molecule is CC/C(=C(/NC(C)=O)c1ccccc1)C(NC(C)=O)c1ccc(Br)cc1. The Kier molecular flexibility index (Phi) is 7.16. The number of nitrogens with one attached hydrogen (secondary N) is 2. The Morgan fingerprint density at radius 3 is 2.08 bits per heavy atom. The number of hydrogen-bond acceptors (Lipinski definition) is 2. The average molecular weight is 415 g/mol. The number of halogens is 1. The summed E-state index contributed by atoms with van der Waals surface area (Å²) < 4.78 is 0.968. The highest BCUT2D eigenvalue weighted by Crippen LogP contribution is 2.31. The van der Waals surface area contributed by atoms with Gasteiger partial charge < -0.3 is 10.6 Å². The van der Waals surface area contributed by atoms with Gasteiger partial charge in [0.1, 0.15) is 0 Å². The number of benzene rings is 2. The molecule has 5 heteroatoms. The van der Waals surface area contributed by atoms with Crippen LogP contribution >= 0.6 is 15.9 Å². The molecule has 26 heavy (non-hydrogen) atoms. The lowest BCUT2D eigenvalue weighted by Crippen LogP contribution is -2.30. The van der Waals surface area contributed by atoms with Gasteiger partial charge in [0.25, 0.3) is 0 Å². The molecule has 0 saturated heterocycles. The van der Waals surface area contributed by atoms with Gasteiger partial charge in [-0.15, -0.1) is 0 Å². The average Bonchev–Trinajstić information content (AvgIpc) is 2.61. The summed E-state index contributed by atoms with van der Waals surface area (Å²) in [6, 6.07) is 17.2. The fourth-order valence-corrected chi connectivity index (χ4v) is 3.14. The van der Waals surface area contributed by atoms with Crippen LogP contribution in [-0.2, 0) is 9.59 Å². The first-order chi connectivity index (χ1) is 12.4. The molecule has 0 heterocycles. The third-order valence-corrected chi connectivity index (χ3v) is 4.49. The van der Waals surface area contributed by atoms with E-state index in [1.807, 2.05) is 61.5 Å². The largest absolute Gasteiger partial charge is 0.346 e. The van der Waals surface area contributed by atoms with Crippen LogP contribution in [0.5, 0.6) is 0 Å². The molecule has 0 aromatic heterocycles. The minimum absolute atomic E-state index is 0.126. The summed E-state index contributed by atoms with van der Waals surface area (Å²) in [6.07, 6.45) is 0.672. The van der Waals surface area contributed by atoms with E-state index in [4.69, 9.17) is 0 Å². The normalized spacial score (nSPS) is 12.8. The first-order valence-electron chi connectivity index (χ1n) is 8.51. The van der Waals surface area contributed by atoms with E-state index in [1.54, 1.807) is 0 Å². The molecular formula is C21H23BrN2O2. The summed E-state index contributed by atoms with van der Waals surface area (Å²) in [5, 5.41) is 5.99. The maximum absolute atomic E-state index is 11.9. The number of hydrogen-bond donors (Lipinski definition) is 2. The van der Waals surface area contributed by atoms with Crippen molar-refractivity contribution in [1.29, 1.82) is 0 Å².